The highest BCUT2D eigenvalue weighted by Gasteiger charge is 2.60. The third-order valence-corrected chi connectivity index (χ3v) is 15.9. The molecule has 4 heteroatoms. The Labute approximate surface area is 323 Å². The van der Waals surface area contributed by atoms with E-state index in [0.29, 0.717) is 28.6 Å². The van der Waals surface area contributed by atoms with Gasteiger partial charge in [0, 0.05) is 20.0 Å². The van der Waals surface area contributed by atoms with Crippen molar-refractivity contribution in [2.45, 2.75) is 228 Å². The lowest BCUT2D eigenvalue weighted by atomic mass is 9.44. The second kappa shape index (κ2) is 20.7. The fraction of sp³-hybridized carbons (Fsp3) is 0.958. The Balaban J connectivity index is 1.09. The smallest absolute Gasteiger partial charge is 0.311 e. The molecular formula is C48H87NO3. The monoisotopic (exact) mass is 726 g/mol. The maximum Gasteiger partial charge on any atom is 0.311 e. The van der Waals surface area contributed by atoms with Gasteiger partial charge < -0.3 is 9.64 Å². The highest BCUT2D eigenvalue weighted by atomic mass is 16.5. The molecule has 0 aromatic carbocycles. The van der Waals surface area contributed by atoms with Gasteiger partial charge in [0.2, 0.25) is 5.91 Å². The van der Waals surface area contributed by atoms with E-state index in [0.717, 1.165) is 62.3 Å². The Hall–Kier alpha value is -1.06. The zero-order valence-electron chi connectivity index (χ0n) is 36.0. The van der Waals surface area contributed by atoms with Crippen molar-refractivity contribution >= 4 is 11.9 Å². The van der Waals surface area contributed by atoms with Crippen LogP contribution in [0.2, 0.25) is 0 Å². The third kappa shape index (κ3) is 11.7. The van der Waals surface area contributed by atoms with Crippen LogP contribution >= 0.6 is 0 Å². The Bertz CT molecular complexity index is 1060. The first kappa shape index (κ1) is 43.7. The first-order valence-electron chi connectivity index (χ1n) is 23.3. The van der Waals surface area contributed by atoms with Gasteiger partial charge in [-0.2, -0.15) is 0 Å². The Kier molecular flexibility index (Phi) is 17.4. The van der Waals surface area contributed by atoms with E-state index in [4.69, 9.17) is 4.74 Å². The molecule has 4 aliphatic rings. The van der Waals surface area contributed by atoms with Crippen molar-refractivity contribution in [3.05, 3.63) is 0 Å². The van der Waals surface area contributed by atoms with Crippen LogP contribution < -0.4 is 0 Å². The average molecular weight is 726 g/mol. The molecule has 3 unspecified atom stereocenters. The van der Waals surface area contributed by atoms with Gasteiger partial charge in [0.25, 0.3) is 0 Å². The molecule has 0 radical (unpaired) electrons. The van der Waals surface area contributed by atoms with Crippen molar-refractivity contribution in [1.82, 2.24) is 4.90 Å². The number of fused-ring (bicyclic) bond motifs is 5. The summed E-state index contributed by atoms with van der Waals surface area (Å²) in [7, 11) is 2.05. The normalized spacial score (nSPS) is 32.1. The highest BCUT2D eigenvalue weighted by Crippen LogP contribution is 2.68. The van der Waals surface area contributed by atoms with E-state index in [2.05, 4.69) is 27.7 Å². The van der Waals surface area contributed by atoms with Crippen LogP contribution in [-0.4, -0.2) is 36.5 Å². The largest absolute Gasteiger partial charge is 0.462 e. The molecule has 52 heavy (non-hydrogen) atoms. The van der Waals surface area contributed by atoms with Crippen LogP contribution in [0.5, 0.6) is 0 Å². The summed E-state index contributed by atoms with van der Waals surface area (Å²) in [6.45, 7) is 16.9. The minimum absolute atomic E-state index is 0.0295. The molecule has 0 aromatic rings. The topological polar surface area (TPSA) is 46.6 Å². The second-order valence-corrected chi connectivity index (χ2v) is 20.6. The summed E-state index contributed by atoms with van der Waals surface area (Å²) in [5.41, 5.74) is 0.421. The molecule has 4 aliphatic carbocycles. The number of rotatable bonds is 22. The molecule has 9 atom stereocenters. The van der Waals surface area contributed by atoms with Gasteiger partial charge in [-0.1, -0.05) is 124 Å². The van der Waals surface area contributed by atoms with E-state index in [-0.39, 0.29) is 12.1 Å². The number of hydrogen-bond donors (Lipinski definition) is 0. The lowest BCUT2D eigenvalue weighted by molar-refractivity contribution is -0.170. The molecule has 4 rings (SSSR count). The lowest BCUT2D eigenvalue weighted by Gasteiger charge is -2.61. The summed E-state index contributed by atoms with van der Waals surface area (Å²) in [6, 6.07) is 0. The summed E-state index contributed by atoms with van der Waals surface area (Å²) < 4.78 is 6.06. The van der Waals surface area contributed by atoms with Crippen molar-refractivity contribution < 1.29 is 14.3 Å². The van der Waals surface area contributed by atoms with Crippen LogP contribution in [0.3, 0.4) is 0 Å². The third-order valence-electron chi connectivity index (χ3n) is 15.9. The van der Waals surface area contributed by atoms with E-state index in [1.165, 1.54) is 141 Å². The summed E-state index contributed by atoms with van der Waals surface area (Å²) >= 11 is 0. The predicted octanol–water partition coefficient (Wildman–Crippen LogP) is 13.7. The molecule has 4 saturated carbocycles. The molecule has 1 amide bonds. The van der Waals surface area contributed by atoms with Gasteiger partial charge in [0.1, 0.15) is 6.10 Å². The molecule has 0 spiro atoms. The molecule has 302 valence electrons. The van der Waals surface area contributed by atoms with Crippen LogP contribution in [0.4, 0.5) is 0 Å². The minimum atomic E-state index is -0.420. The van der Waals surface area contributed by atoms with E-state index in [1.54, 1.807) is 0 Å². The van der Waals surface area contributed by atoms with Crippen molar-refractivity contribution in [3.8, 4) is 0 Å². The Morgan fingerprint density at radius 3 is 1.83 bits per heavy atom. The second-order valence-electron chi connectivity index (χ2n) is 20.6. The van der Waals surface area contributed by atoms with E-state index >= 15 is 0 Å². The molecule has 0 heterocycles. The van der Waals surface area contributed by atoms with Crippen molar-refractivity contribution in [2.75, 3.05) is 13.6 Å². The van der Waals surface area contributed by atoms with Crippen LogP contribution in [0.15, 0.2) is 0 Å². The first-order chi connectivity index (χ1) is 24.8. The van der Waals surface area contributed by atoms with Gasteiger partial charge in [-0.05, 0) is 138 Å². The van der Waals surface area contributed by atoms with Crippen LogP contribution in [0.25, 0.3) is 0 Å². The van der Waals surface area contributed by atoms with Gasteiger partial charge in [-0.15, -0.1) is 0 Å². The zero-order chi connectivity index (χ0) is 37.8. The maximum atomic E-state index is 13.2. The average Bonchev–Trinajstić information content (AvgIpc) is 3.47. The fourth-order valence-corrected chi connectivity index (χ4v) is 12.4. The minimum Gasteiger partial charge on any atom is -0.462 e. The number of unbranched alkanes of at least 4 members (excludes halogenated alkanes) is 15. The summed E-state index contributed by atoms with van der Waals surface area (Å²) in [5.74, 6) is 4.96. The number of ether oxygens (including phenoxy) is 1. The van der Waals surface area contributed by atoms with Crippen molar-refractivity contribution in [1.29, 1.82) is 0 Å². The van der Waals surface area contributed by atoms with Crippen molar-refractivity contribution in [3.63, 3.8) is 0 Å². The zero-order valence-corrected chi connectivity index (χ0v) is 36.0. The summed E-state index contributed by atoms with van der Waals surface area (Å²) in [4.78, 5) is 27.9. The van der Waals surface area contributed by atoms with Gasteiger partial charge in [-0.3, -0.25) is 9.59 Å². The summed E-state index contributed by atoms with van der Waals surface area (Å²) in [6.07, 6.45) is 35.6. The first-order valence-corrected chi connectivity index (χ1v) is 23.3. The Morgan fingerprint density at radius 1 is 0.712 bits per heavy atom. The number of carbonyl (C=O) groups excluding carboxylic acids is 2. The van der Waals surface area contributed by atoms with Crippen LogP contribution in [0.1, 0.15) is 222 Å². The SMILES string of the molecule is CCCCCCCCCCCCCCCCCCN(C)C(=O)CC[C@@H](C)[C@H]1CCC2C3CC[C@@H]4C[C@H](OC(=O)C(C)(C)C)CC[C@]4(C)C3CC[C@@]21C. The number of hydrogen-bond acceptors (Lipinski definition) is 3. The molecule has 0 bridgehead atoms. The quantitative estimate of drug-likeness (QED) is 0.0824. The number of esters is 1. The van der Waals surface area contributed by atoms with Gasteiger partial charge in [0.15, 0.2) is 0 Å². The van der Waals surface area contributed by atoms with E-state index in [1.807, 2.05) is 32.7 Å². The molecule has 4 nitrogen and oxygen atoms in total. The highest BCUT2D eigenvalue weighted by molar-refractivity contribution is 5.76. The standard InChI is InChI=1S/C48H87NO3/c1-9-10-11-12-13-14-15-16-17-18-19-20-21-22-23-24-35-49(8)44(50)30-25-37(2)41-28-29-42-40-27-26-38-36-39(52-45(51)46(3,4)5)31-33-47(38,6)43(40)32-34-48(41,42)7/h37-43H,9-36H2,1-8H3/t37-,38-,39-,40?,41-,42?,43?,47+,48-/m1/s1. The van der Waals surface area contributed by atoms with Crippen LogP contribution in [0, 0.1) is 51.8 Å². The molecule has 0 N–H and O–H groups in total. The number of nitrogens with zero attached hydrogens (tertiary/aromatic N) is 1. The summed E-state index contributed by atoms with van der Waals surface area (Å²) in [5, 5.41) is 0. The van der Waals surface area contributed by atoms with Gasteiger partial charge in [0.05, 0.1) is 5.41 Å². The fourth-order valence-electron chi connectivity index (χ4n) is 12.4. The molecule has 0 aromatic heterocycles. The van der Waals surface area contributed by atoms with Gasteiger partial charge in [-0.25, -0.2) is 0 Å². The molecule has 0 saturated heterocycles. The molecule has 4 fully saturated rings. The lowest BCUT2D eigenvalue weighted by Crippen LogP contribution is -2.54. The van der Waals surface area contributed by atoms with Crippen molar-refractivity contribution in [2.24, 2.45) is 51.8 Å². The van der Waals surface area contributed by atoms with E-state index in [9.17, 15) is 9.59 Å². The molecular weight excluding hydrogens is 639 g/mol. The van der Waals surface area contributed by atoms with Crippen LogP contribution in [-0.2, 0) is 14.3 Å². The molecule has 0 aliphatic heterocycles. The number of amides is 1. The van der Waals surface area contributed by atoms with E-state index < -0.39 is 5.41 Å². The van der Waals surface area contributed by atoms with Gasteiger partial charge >= 0.3 is 5.97 Å². The number of carbonyl (C=O) groups is 2. The predicted molar refractivity (Wildman–Crippen MR) is 220 cm³/mol. The maximum absolute atomic E-state index is 13.2. The Morgan fingerprint density at radius 2 is 1.25 bits per heavy atom.